The van der Waals surface area contributed by atoms with Crippen LogP contribution in [0.5, 0.6) is 11.5 Å². The smallest absolute Gasteiger partial charge is 0.328 e. The maximum absolute atomic E-state index is 12.9. The molecule has 0 saturated carbocycles. The number of fused-ring (bicyclic) bond motifs is 2. The molecule has 0 fully saturated rings. The summed E-state index contributed by atoms with van der Waals surface area (Å²) >= 11 is 1.44. The molecule has 1 aliphatic heterocycles. The number of ether oxygens (including phenoxy) is 2. The molecular weight excluding hydrogens is 408 g/mol. The Balaban J connectivity index is 1.41. The van der Waals surface area contributed by atoms with Crippen LogP contribution in [0.4, 0.5) is 5.13 Å². The third-order valence-electron chi connectivity index (χ3n) is 5.15. The van der Waals surface area contributed by atoms with Crippen LogP contribution in [0.25, 0.3) is 0 Å². The van der Waals surface area contributed by atoms with Gasteiger partial charge in [0.2, 0.25) is 6.79 Å². The summed E-state index contributed by atoms with van der Waals surface area (Å²) in [4.78, 5) is 45.9. The van der Waals surface area contributed by atoms with E-state index < -0.39 is 17.2 Å². The Kier molecular flexibility index (Phi) is 4.62. The second kappa shape index (κ2) is 7.45. The Morgan fingerprint density at radius 1 is 1.20 bits per heavy atom. The molecule has 10 heteroatoms. The number of thiazole rings is 1. The topological polar surface area (TPSA) is 115 Å². The molecular formula is C20H18N4O5S. The van der Waals surface area contributed by atoms with Gasteiger partial charge in [0.05, 0.1) is 12.2 Å². The van der Waals surface area contributed by atoms with E-state index in [1.807, 2.05) is 0 Å². The molecule has 2 N–H and O–H groups in total. The molecule has 9 nitrogen and oxygen atoms in total. The Labute approximate surface area is 174 Å². The molecule has 2 aliphatic rings. The summed E-state index contributed by atoms with van der Waals surface area (Å²) < 4.78 is 11.6. The minimum absolute atomic E-state index is 0.00251. The lowest BCUT2D eigenvalue weighted by Gasteiger charge is -2.08. The fourth-order valence-electron chi connectivity index (χ4n) is 3.61. The second-order valence-electron chi connectivity index (χ2n) is 7.14. The van der Waals surface area contributed by atoms with Gasteiger partial charge in [0, 0.05) is 11.1 Å². The second-order valence-corrected chi connectivity index (χ2v) is 8.22. The van der Waals surface area contributed by atoms with Crippen LogP contribution in [0.15, 0.2) is 34.0 Å². The van der Waals surface area contributed by atoms with Crippen molar-refractivity contribution >= 4 is 22.4 Å². The summed E-state index contributed by atoms with van der Waals surface area (Å²) in [7, 11) is 0. The third-order valence-corrected chi connectivity index (χ3v) is 6.22. The number of benzene rings is 1. The van der Waals surface area contributed by atoms with Crippen LogP contribution >= 0.6 is 11.3 Å². The van der Waals surface area contributed by atoms with Crippen molar-refractivity contribution in [1.29, 1.82) is 0 Å². The Morgan fingerprint density at radius 3 is 2.90 bits per heavy atom. The van der Waals surface area contributed by atoms with Crippen LogP contribution < -0.4 is 26.0 Å². The molecule has 3 aromatic rings. The van der Waals surface area contributed by atoms with E-state index in [-0.39, 0.29) is 18.9 Å². The van der Waals surface area contributed by atoms with Crippen molar-refractivity contribution in [2.75, 3.05) is 12.1 Å². The monoisotopic (exact) mass is 426 g/mol. The molecule has 0 saturated heterocycles. The molecule has 154 valence electrons. The number of hydrogen-bond donors (Lipinski definition) is 2. The van der Waals surface area contributed by atoms with Gasteiger partial charge >= 0.3 is 5.69 Å². The summed E-state index contributed by atoms with van der Waals surface area (Å²) in [6.07, 6.45) is 5.22. The average Bonchev–Trinajstić information content (AvgIpc) is 3.36. The standard InChI is InChI=1S/C20H18N4O5S/c25-17(23-19-22-13-3-1-2-4-16(13)30-19)12-8-21-20(27)24(18(12)26)9-11-5-6-14-15(7-11)29-10-28-14/h5-8H,1-4,9-10H2,(H,21,27)(H,22,23,25). The number of carbonyl (C=O) groups excluding carboxylic acids is 1. The minimum atomic E-state index is -0.671. The Hall–Kier alpha value is -3.40. The molecule has 1 amide bonds. The van der Waals surface area contributed by atoms with E-state index in [9.17, 15) is 14.4 Å². The average molecular weight is 426 g/mol. The number of nitrogens with one attached hydrogen (secondary N) is 2. The first-order valence-electron chi connectivity index (χ1n) is 9.59. The molecule has 30 heavy (non-hydrogen) atoms. The fraction of sp³-hybridized carbons (Fsp3) is 0.300. The molecule has 2 aromatic heterocycles. The van der Waals surface area contributed by atoms with Crippen LogP contribution in [0.1, 0.15) is 39.3 Å². The number of nitrogens with zero attached hydrogens (tertiary/aromatic N) is 2. The first kappa shape index (κ1) is 18.6. The highest BCUT2D eigenvalue weighted by Crippen LogP contribution is 2.32. The van der Waals surface area contributed by atoms with Crippen LogP contribution in [0.2, 0.25) is 0 Å². The molecule has 0 radical (unpaired) electrons. The SMILES string of the molecule is O=C(Nc1nc2c(s1)CCCC2)c1c[nH]c(=O)n(Cc2ccc3c(c2)OCO3)c1=O. The zero-order valence-corrected chi connectivity index (χ0v) is 16.7. The van der Waals surface area contributed by atoms with E-state index in [0.717, 1.165) is 42.1 Å². The van der Waals surface area contributed by atoms with Crippen molar-refractivity contribution < 1.29 is 14.3 Å². The largest absolute Gasteiger partial charge is 0.454 e. The van der Waals surface area contributed by atoms with E-state index in [0.29, 0.717) is 22.2 Å². The zero-order chi connectivity index (χ0) is 20.7. The lowest BCUT2D eigenvalue weighted by molar-refractivity contribution is 0.102. The number of aryl methyl sites for hydroxylation is 2. The molecule has 0 spiro atoms. The highest BCUT2D eigenvalue weighted by molar-refractivity contribution is 7.15. The molecule has 0 bridgehead atoms. The Bertz CT molecular complexity index is 1240. The minimum Gasteiger partial charge on any atom is -0.454 e. The molecule has 0 unspecified atom stereocenters. The van der Waals surface area contributed by atoms with E-state index in [1.165, 1.54) is 16.2 Å². The van der Waals surface area contributed by atoms with Gasteiger partial charge in [-0.25, -0.2) is 9.78 Å². The predicted molar refractivity (Wildman–Crippen MR) is 110 cm³/mol. The highest BCUT2D eigenvalue weighted by atomic mass is 32.1. The summed E-state index contributed by atoms with van der Waals surface area (Å²) in [5.41, 5.74) is 0.276. The van der Waals surface area contributed by atoms with Crippen LogP contribution in [0, 0.1) is 0 Å². The van der Waals surface area contributed by atoms with Crippen molar-refractivity contribution in [3.05, 3.63) is 66.9 Å². The molecule has 3 heterocycles. The van der Waals surface area contributed by atoms with Gasteiger partial charge in [-0.05, 0) is 43.4 Å². The number of aromatic nitrogens is 3. The number of rotatable bonds is 4. The molecule has 1 aliphatic carbocycles. The van der Waals surface area contributed by atoms with E-state index in [4.69, 9.17) is 9.47 Å². The number of anilines is 1. The van der Waals surface area contributed by atoms with Crippen LogP contribution in [-0.4, -0.2) is 27.2 Å². The lowest BCUT2D eigenvalue weighted by atomic mass is 10.0. The summed E-state index contributed by atoms with van der Waals surface area (Å²) in [6.45, 7) is 0.132. The highest BCUT2D eigenvalue weighted by Gasteiger charge is 2.20. The molecule has 5 rings (SSSR count). The number of hydrogen-bond acceptors (Lipinski definition) is 7. The van der Waals surface area contributed by atoms with Gasteiger partial charge < -0.3 is 14.5 Å². The van der Waals surface area contributed by atoms with Gasteiger partial charge in [0.25, 0.3) is 11.5 Å². The number of aromatic amines is 1. The molecule has 1 aromatic carbocycles. The quantitative estimate of drug-likeness (QED) is 0.658. The fourth-order valence-corrected chi connectivity index (χ4v) is 4.65. The predicted octanol–water partition coefficient (Wildman–Crippen LogP) is 1.90. The lowest BCUT2D eigenvalue weighted by Crippen LogP contribution is -2.39. The van der Waals surface area contributed by atoms with Crippen molar-refractivity contribution in [2.24, 2.45) is 0 Å². The van der Waals surface area contributed by atoms with Gasteiger partial charge in [-0.1, -0.05) is 6.07 Å². The van der Waals surface area contributed by atoms with Crippen LogP contribution in [0.3, 0.4) is 0 Å². The maximum Gasteiger partial charge on any atom is 0.328 e. The van der Waals surface area contributed by atoms with Crippen molar-refractivity contribution in [3.8, 4) is 11.5 Å². The number of carbonyl (C=O) groups is 1. The molecule has 0 atom stereocenters. The normalized spacial score (nSPS) is 14.4. The van der Waals surface area contributed by atoms with Crippen molar-refractivity contribution in [3.63, 3.8) is 0 Å². The summed E-state index contributed by atoms with van der Waals surface area (Å²) in [5.74, 6) is 0.569. The number of H-pyrrole nitrogens is 1. The maximum atomic E-state index is 12.9. The van der Waals surface area contributed by atoms with Gasteiger partial charge in [-0.3, -0.25) is 19.5 Å². The summed E-state index contributed by atoms with van der Waals surface area (Å²) in [5, 5.41) is 3.17. The third kappa shape index (κ3) is 3.39. The van der Waals surface area contributed by atoms with Crippen molar-refractivity contribution in [1.82, 2.24) is 14.5 Å². The first-order chi connectivity index (χ1) is 14.6. The van der Waals surface area contributed by atoms with Gasteiger partial charge in [-0.2, -0.15) is 0 Å². The van der Waals surface area contributed by atoms with E-state index >= 15 is 0 Å². The van der Waals surface area contributed by atoms with Gasteiger partial charge in [0.15, 0.2) is 16.6 Å². The van der Waals surface area contributed by atoms with Crippen LogP contribution in [-0.2, 0) is 19.4 Å². The number of amides is 1. The van der Waals surface area contributed by atoms with E-state index in [2.05, 4.69) is 15.3 Å². The van der Waals surface area contributed by atoms with Gasteiger partial charge in [-0.15, -0.1) is 11.3 Å². The van der Waals surface area contributed by atoms with Gasteiger partial charge in [0.1, 0.15) is 5.56 Å². The summed E-state index contributed by atoms with van der Waals surface area (Å²) in [6, 6.07) is 5.17. The first-order valence-corrected chi connectivity index (χ1v) is 10.4. The Morgan fingerprint density at radius 2 is 2.03 bits per heavy atom. The van der Waals surface area contributed by atoms with Crippen molar-refractivity contribution in [2.45, 2.75) is 32.2 Å². The zero-order valence-electron chi connectivity index (χ0n) is 15.9. The van der Waals surface area contributed by atoms with E-state index in [1.54, 1.807) is 18.2 Å².